The van der Waals surface area contributed by atoms with Crippen molar-refractivity contribution in [3.63, 3.8) is 0 Å². The van der Waals surface area contributed by atoms with E-state index in [1.807, 2.05) is 0 Å². The van der Waals surface area contributed by atoms with Crippen molar-refractivity contribution >= 4 is 11.9 Å². The summed E-state index contributed by atoms with van der Waals surface area (Å²) >= 11 is 0. The second-order valence-electron chi connectivity index (χ2n) is 3.35. The van der Waals surface area contributed by atoms with Gasteiger partial charge in [0.05, 0.1) is 13.0 Å². The molecule has 0 unspecified atom stereocenters. The van der Waals surface area contributed by atoms with Crippen LogP contribution in [0.15, 0.2) is 12.7 Å². The summed E-state index contributed by atoms with van der Waals surface area (Å²) < 4.78 is 4.65. The molecule has 0 spiro atoms. The Kier molecular flexibility index (Phi) is 3.68. The first kappa shape index (κ1) is 10.8. The molecule has 0 N–H and O–H groups in total. The first-order valence-electron chi connectivity index (χ1n) is 4.65. The lowest BCUT2D eigenvalue weighted by atomic mass is 9.98. The molecule has 0 bridgehead atoms. The third-order valence-electron chi connectivity index (χ3n) is 2.38. The maximum absolute atomic E-state index is 11.4. The highest BCUT2D eigenvalue weighted by atomic mass is 16.5. The van der Waals surface area contributed by atoms with Crippen LogP contribution < -0.4 is 0 Å². The van der Waals surface area contributed by atoms with Gasteiger partial charge in [-0.05, 0) is 6.42 Å². The van der Waals surface area contributed by atoms with Gasteiger partial charge in [0.1, 0.15) is 0 Å². The molecule has 0 aliphatic carbocycles. The fourth-order valence-corrected chi connectivity index (χ4v) is 1.61. The number of esters is 1. The molecule has 1 rings (SSSR count). The lowest BCUT2D eigenvalue weighted by Gasteiger charge is -2.30. The summed E-state index contributed by atoms with van der Waals surface area (Å²) in [4.78, 5) is 24.2. The van der Waals surface area contributed by atoms with E-state index in [0.717, 1.165) is 0 Å². The molecule has 1 heterocycles. The summed E-state index contributed by atoms with van der Waals surface area (Å²) in [6, 6.07) is 0. The van der Waals surface area contributed by atoms with Crippen molar-refractivity contribution < 1.29 is 14.3 Å². The summed E-state index contributed by atoms with van der Waals surface area (Å²) in [5.74, 6) is -0.311. The summed E-state index contributed by atoms with van der Waals surface area (Å²) in [5, 5.41) is 0. The van der Waals surface area contributed by atoms with E-state index in [1.54, 1.807) is 11.0 Å². The molecule has 0 aromatic heterocycles. The van der Waals surface area contributed by atoms with Gasteiger partial charge in [0, 0.05) is 19.5 Å². The second kappa shape index (κ2) is 4.79. The fourth-order valence-electron chi connectivity index (χ4n) is 1.61. The molecule has 1 atom stereocenters. The number of rotatable bonds is 3. The van der Waals surface area contributed by atoms with E-state index in [4.69, 9.17) is 0 Å². The maximum atomic E-state index is 11.4. The van der Waals surface area contributed by atoms with E-state index < -0.39 is 0 Å². The number of amides is 1. The zero-order valence-electron chi connectivity index (χ0n) is 8.36. The number of methoxy groups -OCH3 is 1. The van der Waals surface area contributed by atoms with Crippen LogP contribution in [0.3, 0.4) is 0 Å². The van der Waals surface area contributed by atoms with E-state index in [1.165, 1.54) is 7.11 Å². The Hall–Kier alpha value is -1.32. The predicted molar refractivity (Wildman–Crippen MR) is 51.5 cm³/mol. The van der Waals surface area contributed by atoms with E-state index >= 15 is 0 Å². The van der Waals surface area contributed by atoms with Crippen molar-refractivity contribution in [2.75, 3.05) is 20.2 Å². The minimum absolute atomic E-state index is 0.0880. The molecule has 4 heteroatoms. The first-order chi connectivity index (χ1) is 6.69. The predicted octanol–water partition coefficient (Wildman–Crippen LogP) is 0.584. The summed E-state index contributed by atoms with van der Waals surface area (Å²) in [6.07, 6.45) is 2.68. The van der Waals surface area contributed by atoms with Crippen LogP contribution in [0.1, 0.15) is 12.8 Å². The molecule has 0 aromatic carbocycles. The number of carbonyl (C=O) groups excluding carboxylic acids is 2. The van der Waals surface area contributed by atoms with Crippen LogP contribution in [0.25, 0.3) is 0 Å². The number of hydrogen-bond acceptors (Lipinski definition) is 3. The van der Waals surface area contributed by atoms with Crippen LogP contribution in [-0.2, 0) is 14.3 Å². The number of carbonyl (C=O) groups is 2. The summed E-state index contributed by atoms with van der Waals surface area (Å²) in [7, 11) is 1.37. The zero-order valence-corrected chi connectivity index (χ0v) is 8.36. The lowest BCUT2D eigenvalue weighted by Crippen LogP contribution is -2.42. The van der Waals surface area contributed by atoms with Crippen molar-refractivity contribution in [3.05, 3.63) is 12.7 Å². The van der Waals surface area contributed by atoms with Crippen molar-refractivity contribution in [1.82, 2.24) is 4.90 Å². The third kappa shape index (κ3) is 2.34. The van der Waals surface area contributed by atoms with Crippen molar-refractivity contribution in [2.24, 2.45) is 5.92 Å². The highest BCUT2D eigenvalue weighted by Gasteiger charge is 2.29. The van der Waals surface area contributed by atoms with Gasteiger partial charge in [-0.15, -0.1) is 6.58 Å². The first-order valence-corrected chi connectivity index (χ1v) is 4.65. The molecular weight excluding hydrogens is 182 g/mol. The van der Waals surface area contributed by atoms with Gasteiger partial charge < -0.3 is 9.64 Å². The van der Waals surface area contributed by atoms with Crippen molar-refractivity contribution in [2.45, 2.75) is 12.8 Å². The molecule has 1 amide bonds. The normalized spacial score (nSPS) is 21.9. The summed E-state index contributed by atoms with van der Waals surface area (Å²) in [5.41, 5.74) is 0. The average Bonchev–Trinajstić information content (AvgIpc) is 2.20. The molecule has 0 saturated carbocycles. The number of piperidine rings is 1. The maximum Gasteiger partial charge on any atom is 0.310 e. The van der Waals surface area contributed by atoms with Gasteiger partial charge >= 0.3 is 5.97 Å². The van der Waals surface area contributed by atoms with Crippen LogP contribution in [-0.4, -0.2) is 37.0 Å². The Morgan fingerprint density at radius 2 is 2.50 bits per heavy atom. The number of hydrogen-bond donors (Lipinski definition) is 0. The highest BCUT2D eigenvalue weighted by Crippen LogP contribution is 2.18. The van der Waals surface area contributed by atoms with Gasteiger partial charge in [0.2, 0.25) is 5.91 Å². The smallest absolute Gasteiger partial charge is 0.310 e. The fraction of sp³-hybridized carbons (Fsp3) is 0.600. The molecule has 1 saturated heterocycles. The minimum Gasteiger partial charge on any atom is -0.469 e. The number of likely N-dealkylation sites (tertiary alicyclic amines) is 1. The SMILES string of the molecule is C=CCN1C[C@H](C(=O)OC)CCC1=O. The largest absolute Gasteiger partial charge is 0.469 e. The van der Waals surface area contributed by atoms with Gasteiger partial charge in [-0.1, -0.05) is 6.08 Å². The topological polar surface area (TPSA) is 46.6 Å². The van der Waals surface area contributed by atoms with Crippen LogP contribution in [0, 0.1) is 5.92 Å². The van der Waals surface area contributed by atoms with Crippen LogP contribution in [0.2, 0.25) is 0 Å². The van der Waals surface area contributed by atoms with E-state index in [9.17, 15) is 9.59 Å². The standard InChI is InChI=1S/C10H15NO3/c1-3-6-11-7-8(10(13)14-2)4-5-9(11)12/h3,8H,1,4-7H2,2H3/t8-/m1/s1. The van der Waals surface area contributed by atoms with E-state index in [-0.39, 0.29) is 17.8 Å². The van der Waals surface area contributed by atoms with Gasteiger partial charge in [-0.2, -0.15) is 0 Å². The van der Waals surface area contributed by atoms with Crippen molar-refractivity contribution in [3.8, 4) is 0 Å². The van der Waals surface area contributed by atoms with Crippen molar-refractivity contribution in [1.29, 1.82) is 0 Å². The van der Waals surface area contributed by atoms with Gasteiger partial charge in [0.25, 0.3) is 0 Å². The van der Waals surface area contributed by atoms with Gasteiger partial charge in [-0.3, -0.25) is 9.59 Å². The van der Waals surface area contributed by atoms with Crippen LogP contribution >= 0.6 is 0 Å². The molecular formula is C10H15NO3. The second-order valence-corrected chi connectivity index (χ2v) is 3.35. The Bertz CT molecular complexity index is 250. The Morgan fingerprint density at radius 1 is 1.79 bits per heavy atom. The number of ether oxygens (including phenoxy) is 1. The Labute approximate surface area is 83.5 Å². The van der Waals surface area contributed by atoms with Crippen LogP contribution in [0.5, 0.6) is 0 Å². The summed E-state index contributed by atoms with van der Waals surface area (Å²) in [6.45, 7) is 4.53. The molecule has 4 nitrogen and oxygen atoms in total. The monoisotopic (exact) mass is 197 g/mol. The average molecular weight is 197 g/mol. The molecule has 0 radical (unpaired) electrons. The van der Waals surface area contributed by atoms with Gasteiger partial charge in [-0.25, -0.2) is 0 Å². The molecule has 78 valence electrons. The minimum atomic E-state index is -0.230. The molecule has 1 aliphatic heterocycles. The highest BCUT2D eigenvalue weighted by molar-refractivity contribution is 5.81. The zero-order chi connectivity index (χ0) is 10.6. The van der Waals surface area contributed by atoms with Gasteiger partial charge in [0.15, 0.2) is 0 Å². The quantitative estimate of drug-likeness (QED) is 0.491. The van der Waals surface area contributed by atoms with Crippen LogP contribution in [0.4, 0.5) is 0 Å². The number of nitrogens with zero attached hydrogens (tertiary/aromatic N) is 1. The lowest BCUT2D eigenvalue weighted by molar-refractivity contribution is -0.150. The third-order valence-corrected chi connectivity index (χ3v) is 2.38. The van der Waals surface area contributed by atoms with E-state index in [2.05, 4.69) is 11.3 Å². The Morgan fingerprint density at radius 3 is 3.07 bits per heavy atom. The molecule has 0 aromatic rings. The Balaban J connectivity index is 2.56. The molecule has 1 fully saturated rings. The molecule has 14 heavy (non-hydrogen) atoms. The molecule has 1 aliphatic rings. The van der Waals surface area contributed by atoms with E-state index in [0.29, 0.717) is 25.9 Å².